The minimum atomic E-state index is -3.58. The molecule has 1 atom stereocenters. The minimum Gasteiger partial charge on any atom is -0.481 e. The lowest BCUT2D eigenvalue weighted by Crippen LogP contribution is -2.45. The molecule has 1 unspecified atom stereocenters. The highest BCUT2D eigenvalue weighted by molar-refractivity contribution is 7.88. The molecule has 0 aliphatic rings. The normalized spacial score (nSPS) is 13.9. The van der Waals surface area contributed by atoms with Gasteiger partial charge in [-0.25, -0.2) is 13.1 Å². The molecule has 0 aliphatic heterocycles. The van der Waals surface area contributed by atoms with Crippen LogP contribution in [0.25, 0.3) is 0 Å². The zero-order valence-corrected chi connectivity index (χ0v) is 12.8. The summed E-state index contributed by atoms with van der Waals surface area (Å²) in [5.74, 6) is -1.17. The number of sulfonamides is 1. The van der Waals surface area contributed by atoms with Gasteiger partial charge in [0.1, 0.15) is 0 Å². The number of carboxylic acid groups (broad SMARTS) is 1. The first kappa shape index (κ1) is 16.7. The summed E-state index contributed by atoms with van der Waals surface area (Å²) in [4.78, 5) is 10.9. The summed E-state index contributed by atoms with van der Waals surface area (Å²) < 4.78 is 26.8. The second-order valence-electron chi connectivity index (χ2n) is 5.88. The molecule has 0 bridgehead atoms. The van der Waals surface area contributed by atoms with E-state index in [4.69, 9.17) is 5.11 Å². The Morgan fingerprint density at radius 2 is 1.80 bits per heavy atom. The quantitative estimate of drug-likeness (QED) is 0.841. The van der Waals surface area contributed by atoms with Crippen LogP contribution in [-0.2, 0) is 20.6 Å². The highest BCUT2D eigenvalue weighted by atomic mass is 32.2. The summed E-state index contributed by atoms with van der Waals surface area (Å²) in [5, 5.41) is 8.90. The van der Waals surface area contributed by atoms with Crippen molar-refractivity contribution in [2.24, 2.45) is 5.41 Å². The van der Waals surface area contributed by atoms with Gasteiger partial charge in [0.25, 0.3) is 0 Å². The Labute approximate surface area is 120 Å². The van der Waals surface area contributed by atoms with E-state index in [0.29, 0.717) is 5.56 Å². The fourth-order valence-corrected chi connectivity index (χ4v) is 3.34. The molecular weight excluding hydrogens is 278 g/mol. The summed E-state index contributed by atoms with van der Waals surface area (Å²) in [5.41, 5.74) is 0.199. The average Bonchev–Trinajstić information content (AvgIpc) is 2.26. The predicted molar refractivity (Wildman–Crippen MR) is 77.7 cm³/mol. The highest BCUT2D eigenvalue weighted by Gasteiger charge is 2.30. The lowest BCUT2D eigenvalue weighted by molar-refractivity contribution is -0.138. The second kappa shape index (κ2) is 6.37. The van der Waals surface area contributed by atoms with Crippen molar-refractivity contribution in [3.05, 3.63) is 35.9 Å². The number of carbonyl (C=O) groups is 1. The summed E-state index contributed by atoms with van der Waals surface area (Å²) in [6.07, 6.45) is -0.239. The maximum Gasteiger partial charge on any atom is 0.304 e. The van der Waals surface area contributed by atoms with E-state index in [1.165, 1.54) is 0 Å². The van der Waals surface area contributed by atoms with Gasteiger partial charge in [0.2, 0.25) is 10.0 Å². The number of benzene rings is 1. The SMILES string of the molecule is CC(C)(C)C(CC(=O)O)NS(=O)(=O)Cc1ccccc1. The van der Waals surface area contributed by atoms with Crippen molar-refractivity contribution in [3.63, 3.8) is 0 Å². The number of hydrogen-bond acceptors (Lipinski definition) is 3. The molecule has 0 amide bonds. The van der Waals surface area contributed by atoms with Gasteiger partial charge in [0, 0.05) is 6.04 Å². The van der Waals surface area contributed by atoms with Gasteiger partial charge < -0.3 is 5.11 Å². The van der Waals surface area contributed by atoms with Crippen LogP contribution in [0.15, 0.2) is 30.3 Å². The van der Waals surface area contributed by atoms with Crippen LogP contribution >= 0.6 is 0 Å². The van der Waals surface area contributed by atoms with Gasteiger partial charge in [-0.3, -0.25) is 4.79 Å². The van der Waals surface area contributed by atoms with Gasteiger partial charge >= 0.3 is 5.97 Å². The largest absolute Gasteiger partial charge is 0.481 e. The number of hydrogen-bond donors (Lipinski definition) is 2. The van der Waals surface area contributed by atoms with Crippen molar-refractivity contribution in [3.8, 4) is 0 Å². The van der Waals surface area contributed by atoms with Crippen molar-refractivity contribution >= 4 is 16.0 Å². The van der Waals surface area contributed by atoms with Crippen LogP contribution < -0.4 is 4.72 Å². The molecule has 0 radical (unpaired) electrons. The van der Waals surface area contributed by atoms with Crippen molar-refractivity contribution in [1.82, 2.24) is 4.72 Å². The van der Waals surface area contributed by atoms with Gasteiger partial charge in [-0.15, -0.1) is 0 Å². The maximum absolute atomic E-state index is 12.1. The van der Waals surface area contributed by atoms with Crippen LogP contribution in [0.2, 0.25) is 0 Å². The Morgan fingerprint density at radius 3 is 2.25 bits per heavy atom. The molecule has 0 spiro atoms. The molecule has 0 aromatic heterocycles. The zero-order chi connectivity index (χ0) is 15.4. The fourth-order valence-electron chi connectivity index (χ4n) is 1.75. The monoisotopic (exact) mass is 299 g/mol. The average molecular weight is 299 g/mol. The van der Waals surface area contributed by atoms with E-state index in [0.717, 1.165) is 0 Å². The molecule has 0 fully saturated rings. The molecule has 0 aliphatic carbocycles. The van der Waals surface area contributed by atoms with Crippen molar-refractivity contribution in [2.75, 3.05) is 0 Å². The van der Waals surface area contributed by atoms with Crippen LogP contribution in [0.1, 0.15) is 32.8 Å². The molecule has 112 valence electrons. The molecule has 1 aromatic carbocycles. The van der Waals surface area contributed by atoms with E-state index >= 15 is 0 Å². The first-order valence-corrected chi connectivity index (χ1v) is 8.01. The summed E-state index contributed by atoms with van der Waals surface area (Å²) in [7, 11) is -3.58. The van der Waals surface area contributed by atoms with E-state index in [9.17, 15) is 13.2 Å². The van der Waals surface area contributed by atoms with Gasteiger partial charge in [-0.2, -0.15) is 0 Å². The maximum atomic E-state index is 12.1. The Kier molecular flexibility index (Phi) is 5.30. The number of carboxylic acids is 1. The van der Waals surface area contributed by atoms with Crippen LogP contribution in [0.4, 0.5) is 0 Å². The first-order valence-electron chi connectivity index (χ1n) is 6.36. The van der Waals surface area contributed by atoms with E-state index in [2.05, 4.69) is 4.72 Å². The summed E-state index contributed by atoms with van der Waals surface area (Å²) in [6, 6.07) is 8.15. The molecule has 1 aromatic rings. The molecule has 1 rings (SSSR count). The molecule has 6 heteroatoms. The minimum absolute atomic E-state index is 0.153. The van der Waals surface area contributed by atoms with Gasteiger partial charge in [0.05, 0.1) is 12.2 Å². The third-order valence-electron chi connectivity index (χ3n) is 2.95. The van der Waals surface area contributed by atoms with E-state index in [-0.39, 0.29) is 12.2 Å². The topological polar surface area (TPSA) is 83.5 Å². The molecule has 0 saturated carbocycles. The molecule has 0 saturated heterocycles. The molecule has 5 nitrogen and oxygen atoms in total. The smallest absolute Gasteiger partial charge is 0.304 e. The van der Waals surface area contributed by atoms with Crippen LogP contribution in [-0.4, -0.2) is 25.5 Å². The van der Waals surface area contributed by atoms with E-state index in [1.807, 2.05) is 26.8 Å². The first-order chi connectivity index (χ1) is 9.10. The molecule has 2 N–H and O–H groups in total. The van der Waals surface area contributed by atoms with Crippen LogP contribution in [0.5, 0.6) is 0 Å². The lowest BCUT2D eigenvalue weighted by atomic mass is 9.85. The predicted octanol–water partition coefficient (Wildman–Crippen LogP) is 2.00. The summed E-state index contributed by atoms with van der Waals surface area (Å²) in [6.45, 7) is 5.43. The Balaban J connectivity index is 2.84. The highest BCUT2D eigenvalue weighted by Crippen LogP contribution is 2.23. The molecular formula is C14H21NO4S. The third-order valence-corrected chi connectivity index (χ3v) is 4.30. The Bertz CT molecular complexity index is 546. The Hall–Kier alpha value is -1.40. The van der Waals surface area contributed by atoms with E-state index < -0.39 is 27.4 Å². The van der Waals surface area contributed by atoms with Gasteiger partial charge in [0.15, 0.2) is 0 Å². The van der Waals surface area contributed by atoms with Crippen molar-refractivity contribution in [2.45, 2.75) is 39.0 Å². The third kappa shape index (κ3) is 5.71. The number of rotatable bonds is 6. The van der Waals surface area contributed by atoms with E-state index in [1.54, 1.807) is 24.3 Å². The molecule has 20 heavy (non-hydrogen) atoms. The van der Waals surface area contributed by atoms with Crippen molar-refractivity contribution in [1.29, 1.82) is 0 Å². The standard InChI is InChI=1S/C14H21NO4S/c1-14(2,3)12(9-13(16)17)15-20(18,19)10-11-7-5-4-6-8-11/h4-8,12,15H,9-10H2,1-3H3,(H,16,17). The van der Waals surface area contributed by atoms with Crippen LogP contribution in [0.3, 0.4) is 0 Å². The van der Waals surface area contributed by atoms with Gasteiger partial charge in [-0.05, 0) is 11.0 Å². The number of nitrogens with one attached hydrogen (secondary N) is 1. The fraction of sp³-hybridized carbons (Fsp3) is 0.500. The Morgan fingerprint density at radius 1 is 1.25 bits per heavy atom. The molecule has 0 heterocycles. The lowest BCUT2D eigenvalue weighted by Gasteiger charge is -2.30. The number of aliphatic carboxylic acids is 1. The van der Waals surface area contributed by atoms with Gasteiger partial charge in [-0.1, -0.05) is 51.1 Å². The van der Waals surface area contributed by atoms with Crippen LogP contribution in [0, 0.1) is 5.41 Å². The zero-order valence-electron chi connectivity index (χ0n) is 12.0. The summed E-state index contributed by atoms with van der Waals surface area (Å²) >= 11 is 0. The van der Waals surface area contributed by atoms with Crippen molar-refractivity contribution < 1.29 is 18.3 Å². The second-order valence-corrected chi connectivity index (χ2v) is 7.63.